The van der Waals surface area contributed by atoms with E-state index in [0.29, 0.717) is 11.3 Å². The van der Waals surface area contributed by atoms with E-state index in [-0.39, 0.29) is 0 Å². The summed E-state index contributed by atoms with van der Waals surface area (Å²) in [4.78, 5) is 0. The second kappa shape index (κ2) is 7.73. The second-order valence-electron chi connectivity index (χ2n) is 10.9. The van der Waals surface area contributed by atoms with E-state index >= 15 is 0 Å². The predicted octanol–water partition coefficient (Wildman–Crippen LogP) is 8.09. The van der Waals surface area contributed by atoms with Gasteiger partial charge in [0.05, 0.1) is 10.9 Å². The van der Waals surface area contributed by atoms with Crippen molar-refractivity contribution >= 4 is 21.5 Å². The summed E-state index contributed by atoms with van der Waals surface area (Å²) >= 11 is 0. The van der Waals surface area contributed by atoms with Crippen LogP contribution in [0.3, 0.4) is 0 Å². The van der Waals surface area contributed by atoms with Gasteiger partial charge in [0.25, 0.3) is 0 Å². The molecular weight excluding hydrogens is 386 g/mol. The van der Waals surface area contributed by atoms with Crippen molar-refractivity contribution in [3.63, 3.8) is 0 Å². The summed E-state index contributed by atoms with van der Waals surface area (Å²) in [6.45, 7) is 11.6. The highest BCUT2D eigenvalue weighted by molar-refractivity contribution is 6.12. The van der Waals surface area contributed by atoms with E-state index in [0.717, 1.165) is 0 Å². The van der Waals surface area contributed by atoms with Crippen molar-refractivity contribution in [3.05, 3.63) is 77.0 Å². The molecule has 0 saturated heterocycles. The lowest BCUT2D eigenvalue weighted by Crippen LogP contribution is -2.31. The first-order valence-corrected chi connectivity index (χ1v) is 12.2. The zero-order valence-corrected chi connectivity index (χ0v) is 20.5. The number of hydrogen-bond acceptors (Lipinski definition) is 0. The van der Waals surface area contributed by atoms with E-state index in [9.17, 15) is 0 Å². The van der Waals surface area contributed by atoms with Gasteiger partial charge in [0.2, 0.25) is 5.69 Å². The average molecular weight is 423 g/mol. The highest BCUT2D eigenvalue weighted by atomic mass is 14.9. The van der Waals surface area contributed by atoms with E-state index in [1.165, 1.54) is 75.2 Å². The highest BCUT2D eigenvalue weighted by Gasteiger charge is 2.29. The molecule has 0 unspecified atom stereocenters. The predicted molar refractivity (Wildman–Crippen MR) is 137 cm³/mol. The number of hydrogen-bond donors (Lipinski definition) is 0. The second-order valence-corrected chi connectivity index (χ2v) is 10.9. The fourth-order valence-electron chi connectivity index (χ4n) is 5.92. The van der Waals surface area contributed by atoms with Crippen molar-refractivity contribution in [1.82, 2.24) is 0 Å². The largest absolute Gasteiger partial charge is 0.220 e. The van der Waals surface area contributed by atoms with Crippen LogP contribution in [-0.4, -0.2) is 0 Å². The number of aryl methyl sites for hydroxylation is 3. The molecule has 0 N–H and O–H groups in total. The molecule has 32 heavy (non-hydrogen) atoms. The maximum atomic E-state index is 2.55. The minimum absolute atomic E-state index is 0.483. The molecule has 164 valence electrons. The normalized spacial score (nSPS) is 16.7. The van der Waals surface area contributed by atoms with Crippen molar-refractivity contribution in [1.29, 1.82) is 0 Å². The van der Waals surface area contributed by atoms with E-state index in [4.69, 9.17) is 0 Å². The zero-order valence-electron chi connectivity index (χ0n) is 20.5. The lowest BCUT2D eigenvalue weighted by atomic mass is 9.70. The quantitative estimate of drug-likeness (QED) is 0.227. The molecule has 1 saturated carbocycles. The van der Waals surface area contributed by atoms with Crippen LogP contribution in [0.25, 0.3) is 32.8 Å². The summed E-state index contributed by atoms with van der Waals surface area (Å²) in [5.74, 6) is 0.649. The van der Waals surface area contributed by atoms with Crippen LogP contribution in [0.1, 0.15) is 67.7 Å². The smallest absolute Gasteiger partial charge is 0.200 e. The zero-order chi connectivity index (χ0) is 22.6. The van der Waals surface area contributed by atoms with E-state index < -0.39 is 0 Å². The highest BCUT2D eigenvalue weighted by Crippen LogP contribution is 2.46. The number of pyridine rings is 1. The molecule has 0 atom stereocenters. The lowest BCUT2D eigenvalue weighted by molar-refractivity contribution is -0.659. The van der Waals surface area contributed by atoms with Crippen LogP contribution in [0.4, 0.5) is 0 Å². The van der Waals surface area contributed by atoms with Gasteiger partial charge in [-0.25, -0.2) is 4.57 Å². The Kier molecular flexibility index (Phi) is 5.12. The van der Waals surface area contributed by atoms with Crippen molar-refractivity contribution < 1.29 is 4.57 Å². The van der Waals surface area contributed by atoms with Crippen molar-refractivity contribution in [2.24, 2.45) is 12.5 Å². The Hall–Kier alpha value is -2.67. The SMILES string of the molecule is Cc1cc(C)c(C)c(-c2c3cc(C4CCC(C)(C)CC4)c4ccccc4c3cc[n+]2C)c1. The van der Waals surface area contributed by atoms with Crippen molar-refractivity contribution in [2.45, 2.75) is 66.2 Å². The summed E-state index contributed by atoms with van der Waals surface area (Å²) in [6, 6.07) is 18.6. The monoisotopic (exact) mass is 422 g/mol. The molecule has 3 aromatic carbocycles. The average Bonchev–Trinajstić information content (AvgIpc) is 2.76. The first kappa shape index (κ1) is 21.2. The maximum absolute atomic E-state index is 2.55. The number of rotatable bonds is 2. The third-order valence-electron chi connectivity index (χ3n) is 8.04. The molecule has 0 radical (unpaired) electrons. The van der Waals surface area contributed by atoms with Gasteiger partial charge in [0, 0.05) is 11.5 Å². The van der Waals surface area contributed by atoms with Crippen LogP contribution in [-0.2, 0) is 7.05 Å². The molecule has 1 aliphatic carbocycles. The minimum atomic E-state index is 0.483. The molecule has 0 bridgehead atoms. The van der Waals surface area contributed by atoms with Gasteiger partial charge in [-0.15, -0.1) is 0 Å². The molecule has 4 aromatic rings. The molecule has 0 spiro atoms. The Balaban J connectivity index is 1.83. The van der Waals surface area contributed by atoms with Gasteiger partial charge < -0.3 is 0 Å². The van der Waals surface area contributed by atoms with Crippen LogP contribution in [0.2, 0.25) is 0 Å². The Morgan fingerprint density at radius 2 is 1.47 bits per heavy atom. The van der Waals surface area contributed by atoms with Crippen LogP contribution < -0.4 is 4.57 Å². The number of aromatic nitrogens is 1. The van der Waals surface area contributed by atoms with Gasteiger partial charge in [-0.3, -0.25) is 0 Å². The standard InChI is InChI=1S/C31H36N/c1-20-17-21(2)22(3)27(18-20)30-29-19-28(23-11-14-31(4,5)15-12-23)25-10-8-7-9-24(25)26(29)13-16-32(30)6/h7-10,13,16-19,23H,11-12,14-15H2,1-6H3/q+1. The van der Waals surface area contributed by atoms with Gasteiger partial charge in [0.1, 0.15) is 7.05 Å². The molecule has 1 heteroatoms. The van der Waals surface area contributed by atoms with Crippen LogP contribution in [0.5, 0.6) is 0 Å². The van der Waals surface area contributed by atoms with Gasteiger partial charge in [-0.2, -0.15) is 0 Å². The maximum Gasteiger partial charge on any atom is 0.220 e. The van der Waals surface area contributed by atoms with Crippen molar-refractivity contribution in [2.75, 3.05) is 0 Å². The van der Waals surface area contributed by atoms with Gasteiger partial charge >= 0.3 is 0 Å². The number of fused-ring (bicyclic) bond motifs is 3. The van der Waals surface area contributed by atoms with Crippen molar-refractivity contribution in [3.8, 4) is 11.3 Å². The van der Waals surface area contributed by atoms with Crippen LogP contribution in [0, 0.1) is 26.2 Å². The molecule has 1 aromatic heterocycles. The molecule has 1 nitrogen and oxygen atoms in total. The van der Waals surface area contributed by atoms with Gasteiger partial charge in [-0.1, -0.05) is 49.7 Å². The summed E-state index contributed by atoms with van der Waals surface area (Å²) in [6.07, 6.45) is 7.45. The Labute approximate surface area is 193 Å². The molecule has 0 aliphatic heterocycles. The number of nitrogens with zero attached hydrogens (tertiary/aromatic N) is 1. The summed E-state index contributed by atoms with van der Waals surface area (Å²) in [5.41, 5.74) is 8.82. The molecule has 1 heterocycles. The van der Waals surface area contributed by atoms with Crippen LogP contribution in [0.15, 0.2) is 54.7 Å². The molecule has 5 rings (SSSR count). The van der Waals surface area contributed by atoms with Crippen LogP contribution >= 0.6 is 0 Å². The van der Waals surface area contributed by atoms with E-state index in [1.807, 2.05) is 0 Å². The molecule has 0 amide bonds. The third-order valence-corrected chi connectivity index (χ3v) is 8.04. The number of benzene rings is 3. The van der Waals surface area contributed by atoms with E-state index in [2.05, 4.69) is 101 Å². The fraction of sp³-hybridized carbons (Fsp3) is 0.387. The first-order chi connectivity index (χ1) is 15.2. The minimum Gasteiger partial charge on any atom is -0.200 e. The van der Waals surface area contributed by atoms with Gasteiger partial charge in [-0.05, 0) is 97.4 Å². The third kappa shape index (κ3) is 3.52. The molecular formula is C31H36N+. The lowest BCUT2D eigenvalue weighted by Gasteiger charge is -2.35. The summed E-state index contributed by atoms with van der Waals surface area (Å²) in [7, 11) is 2.20. The first-order valence-electron chi connectivity index (χ1n) is 12.2. The van der Waals surface area contributed by atoms with Gasteiger partial charge in [0.15, 0.2) is 6.20 Å². The Morgan fingerprint density at radius 1 is 0.812 bits per heavy atom. The molecule has 1 fully saturated rings. The fourth-order valence-corrected chi connectivity index (χ4v) is 5.92. The summed E-state index contributed by atoms with van der Waals surface area (Å²) < 4.78 is 2.33. The molecule has 1 aliphatic rings. The Morgan fingerprint density at radius 3 is 2.19 bits per heavy atom. The Bertz CT molecular complexity index is 1330. The van der Waals surface area contributed by atoms with E-state index in [1.54, 1.807) is 5.56 Å². The summed E-state index contributed by atoms with van der Waals surface area (Å²) in [5, 5.41) is 5.60. The topological polar surface area (TPSA) is 3.88 Å².